The van der Waals surface area contributed by atoms with Crippen molar-refractivity contribution in [3.8, 4) is 0 Å². The maximum atomic E-state index is 10.7. The van der Waals surface area contributed by atoms with E-state index in [0.29, 0.717) is 6.42 Å². The van der Waals surface area contributed by atoms with Crippen molar-refractivity contribution in [3.63, 3.8) is 0 Å². The number of nitrogens with one attached hydrogen (secondary N) is 1. The summed E-state index contributed by atoms with van der Waals surface area (Å²) in [5.41, 5.74) is 0. The minimum atomic E-state index is -1.45. The monoisotopic (exact) mass is 174 g/mol. The van der Waals surface area contributed by atoms with E-state index in [1.807, 2.05) is 6.92 Å². The third-order valence-corrected chi connectivity index (χ3v) is 1.50. The zero-order valence-electron chi connectivity index (χ0n) is 7.50. The molecule has 0 fully saturated rings. The second kappa shape index (κ2) is 4.71. The van der Waals surface area contributed by atoms with E-state index in [4.69, 9.17) is 5.11 Å². The van der Waals surface area contributed by atoms with Crippen molar-refractivity contribution in [1.82, 2.24) is 10.2 Å². The van der Waals surface area contributed by atoms with Gasteiger partial charge in [-0.25, -0.2) is 4.79 Å². The summed E-state index contributed by atoms with van der Waals surface area (Å²) in [5, 5.41) is 10.6. The summed E-state index contributed by atoms with van der Waals surface area (Å²) >= 11 is 0. The Kier molecular flexibility index (Phi) is 4.28. The summed E-state index contributed by atoms with van der Waals surface area (Å²) in [5.74, 6) is -2.41. The SMILES string of the molecule is CCC(NC(=O)C(=O)O)N(C)C. The van der Waals surface area contributed by atoms with Crippen molar-refractivity contribution in [2.24, 2.45) is 0 Å². The molecule has 0 heterocycles. The Labute approximate surface area is 71.4 Å². The lowest BCUT2D eigenvalue weighted by atomic mass is 10.3. The normalized spacial score (nSPS) is 12.7. The number of nitrogens with zero attached hydrogens (tertiary/aromatic N) is 1. The van der Waals surface area contributed by atoms with Gasteiger partial charge in [-0.1, -0.05) is 6.92 Å². The smallest absolute Gasteiger partial charge is 0.394 e. The molecule has 0 saturated heterocycles. The number of aliphatic carboxylic acids is 1. The summed E-state index contributed by atoms with van der Waals surface area (Å²) < 4.78 is 0. The number of carboxylic acid groups (broad SMARTS) is 1. The van der Waals surface area contributed by atoms with Gasteiger partial charge in [0.15, 0.2) is 0 Å². The fourth-order valence-electron chi connectivity index (χ4n) is 0.809. The van der Waals surface area contributed by atoms with Crippen LogP contribution in [0.3, 0.4) is 0 Å². The van der Waals surface area contributed by atoms with Gasteiger partial charge in [0.2, 0.25) is 0 Å². The molecule has 0 spiro atoms. The molecular formula is C7H14N2O3. The van der Waals surface area contributed by atoms with Crippen LogP contribution in [0.1, 0.15) is 13.3 Å². The highest BCUT2D eigenvalue weighted by Crippen LogP contribution is 1.93. The molecule has 1 unspecified atom stereocenters. The molecule has 1 atom stereocenters. The topological polar surface area (TPSA) is 69.6 Å². The molecule has 0 bridgehead atoms. The maximum absolute atomic E-state index is 10.7. The molecule has 0 radical (unpaired) electrons. The first-order chi connectivity index (χ1) is 5.49. The Bertz CT molecular complexity index is 179. The van der Waals surface area contributed by atoms with Crippen molar-refractivity contribution < 1.29 is 14.7 Å². The highest BCUT2D eigenvalue weighted by molar-refractivity contribution is 6.31. The number of carbonyl (C=O) groups excluding carboxylic acids is 1. The second-order valence-electron chi connectivity index (χ2n) is 2.67. The average Bonchev–Trinajstić information content (AvgIpc) is 1.98. The van der Waals surface area contributed by atoms with Gasteiger partial charge in [0.1, 0.15) is 0 Å². The van der Waals surface area contributed by atoms with Gasteiger partial charge >= 0.3 is 11.9 Å². The Hall–Kier alpha value is -1.10. The largest absolute Gasteiger partial charge is 0.474 e. The number of hydrogen-bond donors (Lipinski definition) is 2. The summed E-state index contributed by atoms with van der Waals surface area (Å²) in [4.78, 5) is 22.6. The lowest BCUT2D eigenvalue weighted by Gasteiger charge is -2.22. The van der Waals surface area contributed by atoms with Gasteiger partial charge in [-0.2, -0.15) is 0 Å². The predicted octanol–water partition coefficient (Wildman–Crippen LogP) is -0.515. The van der Waals surface area contributed by atoms with E-state index in [-0.39, 0.29) is 6.17 Å². The molecule has 0 rings (SSSR count). The number of hydrogen-bond acceptors (Lipinski definition) is 3. The van der Waals surface area contributed by atoms with Gasteiger partial charge in [-0.05, 0) is 20.5 Å². The third-order valence-electron chi connectivity index (χ3n) is 1.50. The molecule has 0 aromatic heterocycles. The van der Waals surface area contributed by atoms with E-state index in [1.165, 1.54) is 0 Å². The summed E-state index contributed by atoms with van der Waals surface area (Å²) in [7, 11) is 3.55. The molecular weight excluding hydrogens is 160 g/mol. The van der Waals surface area contributed by atoms with Crippen LogP contribution in [0.25, 0.3) is 0 Å². The Morgan fingerprint density at radius 1 is 1.50 bits per heavy atom. The molecule has 70 valence electrons. The number of carbonyl (C=O) groups is 2. The van der Waals surface area contributed by atoms with Crippen LogP contribution in [-0.2, 0) is 9.59 Å². The van der Waals surface area contributed by atoms with Gasteiger partial charge in [0, 0.05) is 0 Å². The molecule has 5 heteroatoms. The molecule has 5 nitrogen and oxygen atoms in total. The maximum Gasteiger partial charge on any atom is 0.394 e. The van der Waals surface area contributed by atoms with Gasteiger partial charge in [-0.15, -0.1) is 0 Å². The molecule has 0 saturated carbocycles. The molecule has 0 aromatic carbocycles. The molecule has 0 aromatic rings. The van der Waals surface area contributed by atoms with Crippen molar-refractivity contribution in [2.45, 2.75) is 19.5 Å². The van der Waals surface area contributed by atoms with E-state index in [2.05, 4.69) is 5.32 Å². The van der Waals surface area contributed by atoms with Crippen LogP contribution in [-0.4, -0.2) is 42.1 Å². The van der Waals surface area contributed by atoms with E-state index < -0.39 is 11.9 Å². The summed E-state index contributed by atoms with van der Waals surface area (Å²) in [6.45, 7) is 1.87. The van der Waals surface area contributed by atoms with Crippen molar-refractivity contribution in [1.29, 1.82) is 0 Å². The van der Waals surface area contributed by atoms with Gasteiger partial charge in [-0.3, -0.25) is 9.69 Å². The molecule has 0 aliphatic carbocycles. The van der Waals surface area contributed by atoms with Crippen LogP contribution in [0, 0.1) is 0 Å². The fourth-order valence-corrected chi connectivity index (χ4v) is 0.809. The van der Waals surface area contributed by atoms with E-state index in [1.54, 1.807) is 19.0 Å². The van der Waals surface area contributed by atoms with Crippen molar-refractivity contribution >= 4 is 11.9 Å². The first kappa shape index (κ1) is 10.9. The fraction of sp³-hybridized carbons (Fsp3) is 0.714. The lowest BCUT2D eigenvalue weighted by Crippen LogP contribution is -2.46. The van der Waals surface area contributed by atoms with Crippen molar-refractivity contribution in [3.05, 3.63) is 0 Å². The van der Waals surface area contributed by atoms with Crippen LogP contribution in [0.4, 0.5) is 0 Å². The molecule has 0 aliphatic rings. The van der Waals surface area contributed by atoms with Gasteiger partial charge in [0.25, 0.3) is 0 Å². The van der Waals surface area contributed by atoms with Crippen LogP contribution in [0.5, 0.6) is 0 Å². The molecule has 12 heavy (non-hydrogen) atoms. The third kappa shape index (κ3) is 3.34. The number of carboxylic acids is 1. The minimum absolute atomic E-state index is 0.214. The average molecular weight is 174 g/mol. The van der Waals surface area contributed by atoms with Gasteiger partial charge in [0.05, 0.1) is 6.17 Å². The first-order valence-electron chi connectivity index (χ1n) is 3.69. The minimum Gasteiger partial charge on any atom is -0.474 e. The lowest BCUT2D eigenvalue weighted by molar-refractivity contribution is -0.151. The predicted molar refractivity (Wildman–Crippen MR) is 43.5 cm³/mol. The highest BCUT2D eigenvalue weighted by Gasteiger charge is 2.16. The van der Waals surface area contributed by atoms with E-state index in [0.717, 1.165) is 0 Å². The summed E-state index contributed by atoms with van der Waals surface area (Å²) in [6.07, 6.45) is 0.458. The zero-order chi connectivity index (χ0) is 9.72. The molecule has 2 N–H and O–H groups in total. The Morgan fingerprint density at radius 3 is 2.25 bits per heavy atom. The molecule has 0 aliphatic heterocycles. The van der Waals surface area contributed by atoms with Crippen LogP contribution in [0.2, 0.25) is 0 Å². The van der Waals surface area contributed by atoms with E-state index in [9.17, 15) is 9.59 Å². The quantitative estimate of drug-likeness (QED) is 0.446. The zero-order valence-corrected chi connectivity index (χ0v) is 7.50. The Balaban J connectivity index is 4.03. The highest BCUT2D eigenvalue weighted by atomic mass is 16.4. The van der Waals surface area contributed by atoms with Gasteiger partial charge < -0.3 is 10.4 Å². The standard InChI is InChI=1S/C7H14N2O3/c1-4-5(9(2)3)8-6(10)7(11)12/h5H,4H2,1-3H3,(H,8,10)(H,11,12). The molecule has 1 amide bonds. The van der Waals surface area contributed by atoms with E-state index >= 15 is 0 Å². The number of amides is 1. The van der Waals surface area contributed by atoms with Crippen molar-refractivity contribution in [2.75, 3.05) is 14.1 Å². The Morgan fingerprint density at radius 2 is 2.00 bits per heavy atom. The second-order valence-corrected chi connectivity index (χ2v) is 2.67. The van der Waals surface area contributed by atoms with Crippen LogP contribution < -0.4 is 5.32 Å². The number of rotatable bonds is 3. The van der Waals surface area contributed by atoms with Crippen LogP contribution in [0.15, 0.2) is 0 Å². The van der Waals surface area contributed by atoms with Crippen LogP contribution >= 0.6 is 0 Å². The summed E-state index contributed by atoms with van der Waals surface area (Å²) in [6, 6.07) is 0. The first-order valence-corrected chi connectivity index (χ1v) is 3.69.